The van der Waals surface area contributed by atoms with Gasteiger partial charge in [-0.05, 0) is 51.2 Å². The average Bonchev–Trinajstić information content (AvgIpc) is 3.07. The van der Waals surface area contributed by atoms with E-state index >= 15 is 0 Å². The summed E-state index contributed by atoms with van der Waals surface area (Å²) in [6.45, 7) is 5.67. The maximum Gasteiger partial charge on any atom is 0.153 e. The summed E-state index contributed by atoms with van der Waals surface area (Å²) in [4.78, 5) is 4.42. The third-order valence-electron chi connectivity index (χ3n) is 3.86. The fraction of sp³-hybridized carbons (Fsp3) is 0.643. The first-order valence-corrected chi connectivity index (χ1v) is 7.98. The average molecular weight is 299 g/mol. The zero-order valence-electron chi connectivity index (χ0n) is 12.1. The van der Waals surface area contributed by atoms with Gasteiger partial charge >= 0.3 is 0 Å². The lowest BCUT2D eigenvalue weighted by molar-refractivity contribution is 0.308. The van der Waals surface area contributed by atoms with Gasteiger partial charge in [-0.3, -0.25) is 10.1 Å². The van der Waals surface area contributed by atoms with Gasteiger partial charge in [-0.25, -0.2) is 8.60 Å². The highest BCUT2D eigenvalue weighted by Crippen LogP contribution is 2.49. The van der Waals surface area contributed by atoms with Crippen molar-refractivity contribution < 1.29 is 8.60 Å². The number of hydrogen-bond donors (Lipinski definition) is 2. The summed E-state index contributed by atoms with van der Waals surface area (Å²) in [5.41, 5.74) is 6.24. The number of anilines is 1. The first kappa shape index (κ1) is 15.4. The number of hydrogen-bond acceptors (Lipinski definition) is 3. The Hall–Kier alpha value is -1.01. The van der Waals surface area contributed by atoms with Crippen molar-refractivity contribution in [1.82, 2.24) is 4.98 Å². The fourth-order valence-electron chi connectivity index (χ4n) is 2.35. The van der Waals surface area contributed by atoms with Crippen LogP contribution in [0, 0.1) is 0 Å². The van der Waals surface area contributed by atoms with Crippen molar-refractivity contribution >= 4 is 16.7 Å². The highest BCUT2D eigenvalue weighted by atomic mass is 32.2. The molecule has 4 N–H and O–H groups in total. The minimum atomic E-state index is -1.42. The first-order valence-electron chi connectivity index (χ1n) is 6.77. The molecule has 0 aliphatic heterocycles. The Morgan fingerprint density at radius 2 is 2.10 bits per heavy atom. The van der Waals surface area contributed by atoms with E-state index in [9.17, 15) is 8.60 Å². The summed E-state index contributed by atoms with van der Waals surface area (Å²) < 4.78 is 25.1. The Morgan fingerprint density at radius 3 is 2.60 bits per heavy atom. The molecule has 20 heavy (non-hydrogen) atoms. The molecule has 1 fully saturated rings. The predicted octanol–water partition coefficient (Wildman–Crippen LogP) is 2.52. The van der Waals surface area contributed by atoms with Crippen molar-refractivity contribution in [2.45, 2.75) is 56.4 Å². The Balaban J connectivity index is 2.24. The molecule has 0 bridgehead atoms. The third-order valence-corrected chi connectivity index (χ3v) is 5.12. The molecule has 1 heterocycles. The van der Waals surface area contributed by atoms with E-state index in [4.69, 9.17) is 10.9 Å². The van der Waals surface area contributed by atoms with E-state index in [-0.39, 0.29) is 5.92 Å². The number of alkyl halides is 1. The van der Waals surface area contributed by atoms with Crippen LogP contribution in [0.4, 0.5) is 10.1 Å². The van der Waals surface area contributed by atoms with Gasteiger partial charge in [-0.1, -0.05) is 6.92 Å². The number of nitrogen functional groups attached to an aromatic ring is 1. The van der Waals surface area contributed by atoms with Crippen LogP contribution in [-0.2, 0) is 16.7 Å². The van der Waals surface area contributed by atoms with Crippen molar-refractivity contribution in [3.63, 3.8) is 0 Å². The second-order valence-electron chi connectivity index (χ2n) is 6.34. The zero-order chi connectivity index (χ0) is 15.1. The van der Waals surface area contributed by atoms with Crippen molar-refractivity contribution in [3.05, 3.63) is 23.5 Å². The molecule has 1 aliphatic rings. The highest BCUT2D eigenvalue weighted by molar-refractivity contribution is 7.84. The maximum atomic E-state index is 14.1. The molecule has 0 radical (unpaired) electrons. The summed E-state index contributed by atoms with van der Waals surface area (Å²) in [5, 5.41) is 5.50. The van der Waals surface area contributed by atoms with Crippen molar-refractivity contribution in [2.24, 2.45) is 5.14 Å². The highest BCUT2D eigenvalue weighted by Gasteiger charge is 2.46. The van der Waals surface area contributed by atoms with Gasteiger partial charge in [0.15, 0.2) is 5.67 Å². The molecular formula is C14H22FN3OS. The van der Waals surface area contributed by atoms with Crippen LogP contribution in [0.3, 0.4) is 0 Å². The second kappa shape index (κ2) is 5.07. The number of nitrogens with zero attached hydrogens (tertiary/aromatic N) is 1. The lowest BCUT2D eigenvalue weighted by Gasteiger charge is -2.25. The van der Waals surface area contributed by atoms with E-state index in [1.165, 1.54) is 0 Å². The molecule has 4 nitrogen and oxygen atoms in total. The number of aromatic nitrogens is 1. The normalized spacial score (nSPS) is 20.4. The summed E-state index contributed by atoms with van der Waals surface area (Å²) in [6, 6.07) is 3.37. The molecule has 112 valence electrons. The van der Waals surface area contributed by atoms with Gasteiger partial charge in [0.2, 0.25) is 0 Å². The van der Waals surface area contributed by atoms with E-state index in [1.807, 2.05) is 20.8 Å². The van der Waals surface area contributed by atoms with Crippen LogP contribution >= 0.6 is 0 Å². The van der Waals surface area contributed by atoms with Gasteiger partial charge in [0.1, 0.15) is 0 Å². The van der Waals surface area contributed by atoms with Gasteiger partial charge in [0, 0.05) is 11.4 Å². The second-order valence-corrected chi connectivity index (χ2v) is 8.04. The van der Waals surface area contributed by atoms with E-state index in [2.05, 4.69) is 4.98 Å². The van der Waals surface area contributed by atoms with Crippen molar-refractivity contribution in [2.75, 3.05) is 5.73 Å². The molecule has 1 aliphatic carbocycles. The van der Waals surface area contributed by atoms with Crippen molar-refractivity contribution in [1.29, 1.82) is 0 Å². The fourth-order valence-corrected chi connectivity index (χ4v) is 2.76. The van der Waals surface area contributed by atoms with E-state index in [1.54, 1.807) is 12.1 Å². The van der Waals surface area contributed by atoms with Crippen LogP contribution in [0.1, 0.15) is 57.3 Å². The third kappa shape index (κ3) is 3.17. The molecule has 0 aromatic carbocycles. The molecule has 2 atom stereocenters. The summed E-state index contributed by atoms with van der Waals surface area (Å²) in [6.07, 6.45) is 1.62. The number of halogens is 1. The quantitative estimate of drug-likeness (QED) is 0.876. The smallest absolute Gasteiger partial charge is 0.153 e. The minimum Gasteiger partial charge on any atom is -0.399 e. The first-order chi connectivity index (χ1) is 9.14. The summed E-state index contributed by atoms with van der Waals surface area (Å²) >= 11 is 0. The van der Waals surface area contributed by atoms with E-state index in [0.29, 0.717) is 30.6 Å². The number of rotatable bonds is 5. The van der Waals surface area contributed by atoms with Gasteiger partial charge in [0.25, 0.3) is 0 Å². The Morgan fingerprint density at radius 1 is 1.50 bits per heavy atom. The Kier molecular flexibility index (Phi) is 3.90. The SMILES string of the molecule is CC(CC(C)(C)S(N)=O)c1cc(N)cc(C2(F)CC2)n1. The molecule has 0 saturated heterocycles. The summed E-state index contributed by atoms with van der Waals surface area (Å²) in [7, 11) is -1.42. The van der Waals surface area contributed by atoms with Gasteiger partial charge in [0.05, 0.1) is 21.4 Å². The van der Waals surface area contributed by atoms with Crippen molar-refractivity contribution in [3.8, 4) is 0 Å². The lowest BCUT2D eigenvalue weighted by Crippen LogP contribution is -2.33. The van der Waals surface area contributed by atoms with Crippen LogP contribution in [0.5, 0.6) is 0 Å². The van der Waals surface area contributed by atoms with E-state index < -0.39 is 21.4 Å². The zero-order valence-corrected chi connectivity index (χ0v) is 13.0. The van der Waals surface area contributed by atoms with Crippen LogP contribution < -0.4 is 10.9 Å². The van der Waals surface area contributed by atoms with Crippen LogP contribution in [0.2, 0.25) is 0 Å². The minimum absolute atomic E-state index is 0.0158. The van der Waals surface area contributed by atoms with Crippen LogP contribution in [0.25, 0.3) is 0 Å². The monoisotopic (exact) mass is 299 g/mol. The maximum absolute atomic E-state index is 14.1. The van der Waals surface area contributed by atoms with Gasteiger partial charge < -0.3 is 5.73 Å². The summed E-state index contributed by atoms with van der Waals surface area (Å²) in [5.74, 6) is 0.0158. The van der Waals surface area contributed by atoms with Gasteiger partial charge in [-0.2, -0.15) is 0 Å². The van der Waals surface area contributed by atoms with E-state index in [0.717, 1.165) is 5.69 Å². The largest absolute Gasteiger partial charge is 0.399 e. The molecule has 1 saturated carbocycles. The molecule has 0 amide bonds. The van der Waals surface area contributed by atoms with Gasteiger partial charge in [-0.15, -0.1) is 0 Å². The topological polar surface area (TPSA) is 82.0 Å². The van der Waals surface area contributed by atoms with Crippen LogP contribution in [-0.4, -0.2) is 13.9 Å². The molecule has 1 aromatic heterocycles. The van der Waals surface area contributed by atoms with Crippen LogP contribution in [0.15, 0.2) is 12.1 Å². The molecule has 1 aromatic rings. The molecule has 2 unspecified atom stereocenters. The Bertz CT molecular complexity index is 543. The standard InChI is InChI=1S/C14H22FN3OS/c1-9(8-13(2,3)20(17)19)11-6-10(16)7-12(18-11)14(15)4-5-14/h6-7,9H,4-5,8,17H2,1-3H3,(H2,16,18). The lowest BCUT2D eigenvalue weighted by atomic mass is 9.94. The molecule has 6 heteroatoms. The molecule has 2 rings (SSSR count). The molecular weight excluding hydrogens is 277 g/mol. The number of nitrogens with two attached hydrogens (primary N) is 2. The Labute approximate surface area is 121 Å². The predicted molar refractivity (Wildman–Crippen MR) is 80.1 cm³/mol. The number of pyridine rings is 1. The molecule has 0 spiro atoms.